The maximum Gasteiger partial charge on any atom is 0.0942 e. The van der Waals surface area contributed by atoms with Gasteiger partial charge in [-0.15, -0.1) is 0 Å². The van der Waals surface area contributed by atoms with Gasteiger partial charge in [0.1, 0.15) is 0 Å². The summed E-state index contributed by atoms with van der Waals surface area (Å²) in [5.41, 5.74) is 0.565. The Hall–Kier alpha value is -0.870. The van der Waals surface area contributed by atoms with Crippen molar-refractivity contribution in [2.75, 3.05) is 7.11 Å². The zero-order valence-electron chi connectivity index (χ0n) is 13.9. The molecule has 0 bridgehead atoms. The van der Waals surface area contributed by atoms with Crippen LogP contribution in [0, 0.1) is 5.92 Å². The molecule has 0 aromatic carbocycles. The van der Waals surface area contributed by atoms with E-state index in [0.29, 0.717) is 18.4 Å². The molecule has 1 aliphatic rings. The second-order valence-corrected chi connectivity index (χ2v) is 6.73. The zero-order chi connectivity index (χ0) is 15.5. The highest BCUT2D eigenvalue weighted by molar-refractivity contribution is 5.05. The molecule has 1 heterocycles. The van der Waals surface area contributed by atoms with Gasteiger partial charge in [0.2, 0.25) is 0 Å². The predicted octanol–water partition coefficient (Wildman–Crippen LogP) is 3.35. The number of aliphatic hydroxyl groups excluding tert-OH is 1. The number of hydrogen-bond acceptors (Lipinski definition) is 3. The topological polar surface area (TPSA) is 47.3 Å². The first-order valence-electron chi connectivity index (χ1n) is 8.28. The van der Waals surface area contributed by atoms with Gasteiger partial charge >= 0.3 is 0 Å². The maximum atomic E-state index is 10.7. The molecule has 120 valence electrons. The number of aliphatic hydroxyl groups is 1. The molecule has 0 amide bonds. The first-order chi connectivity index (χ1) is 10.0. The highest BCUT2D eigenvalue weighted by atomic mass is 16.5. The molecule has 0 radical (unpaired) electrons. The summed E-state index contributed by atoms with van der Waals surface area (Å²) < 4.78 is 7.77. The summed E-state index contributed by atoms with van der Waals surface area (Å²) >= 11 is 0. The van der Waals surface area contributed by atoms with Crippen LogP contribution in [0.5, 0.6) is 0 Å². The summed E-state index contributed by atoms with van der Waals surface area (Å²) in [5, 5.41) is 15.3. The van der Waals surface area contributed by atoms with Crippen LogP contribution in [0.3, 0.4) is 0 Å². The van der Waals surface area contributed by atoms with Gasteiger partial charge in [0.15, 0.2) is 0 Å². The van der Waals surface area contributed by atoms with Gasteiger partial charge in [0, 0.05) is 25.8 Å². The molecule has 0 saturated heterocycles. The number of ether oxygens (including phenoxy) is 1. The molecular weight excluding hydrogens is 264 g/mol. The molecule has 4 unspecified atom stereocenters. The molecule has 1 fully saturated rings. The second kappa shape index (κ2) is 6.93. The fourth-order valence-electron chi connectivity index (χ4n) is 3.47. The third-order valence-corrected chi connectivity index (χ3v) is 5.11. The van der Waals surface area contributed by atoms with E-state index in [4.69, 9.17) is 4.74 Å². The number of hydrogen-bond donors (Lipinski definition) is 1. The number of aromatic nitrogens is 2. The standard InChI is InChI=1S/C17H30N2O2/c1-5-14(3)19-10-8-15(18-19)11-16(20)17(21-4)9-6-7-13(2)12-17/h8,10,13-14,16,20H,5-7,9,11-12H2,1-4H3. The summed E-state index contributed by atoms with van der Waals surface area (Å²) in [6.45, 7) is 6.56. The Morgan fingerprint density at radius 1 is 1.57 bits per heavy atom. The van der Waals surface area contributed by atoms with Gasteiger partial charge in [0.05, 0.1) is 17.4 Å². The lowest BCUT2D eigenvalue weighted by Gasteiger charge is -2.42. The molecule has 0 aliphatic heterocycles. The Labute approximate surface area is 128 Å². The molecule has 4 atom stereocenters. The Kier molecular flexibility index (Phi) is 5.44. The SMILES string of the molecule is CCC(C)n1ccc(CC(O)C2(OC)CCCC(C)C2)n1. The van der Waals surface area contributed by atoms with E-state index >= 15 is 0 Å². The van der Waals surface area contributed by atoms with E-state index in [9.17, 15) is 5.11 Å². The smallest absolute Gasteiger partial charge is 0.0942 e. The molecule has 0 spiro atoms. The van der Waals surface area contributed by atoms with Crippen LogP contribution in [0.25, 0.3) is 0 Å². The van der Waals surface area contributed by atoms with Crippen LogP contribution < -0.4 is 0 Å². The minimum Gasteiger partial charge on any atom is -0.390 e. The van der Waals surface area contributed by atoms with Crippen LogP contribution in [0.2, 0.25) is 0 Å². The minimum atomic E-state index is -0.481. The van der Waals surface area contributed by atoms with Crippen molar-refractivity contribution in [3.05, 3.63) is 18.0 Å². The van der Waals surface area contributed by atoms with E-state index in [-0.39, 0.29) is 0 Å². The van der Waals surface area contributed by atoms with Gasteiger partial charge in [-0.05, 0) is 38.2 Å². The monoisotopic (exact) mass is 294 g/mol. The van der Waals surface area contributed by atoms with Gasteiger partial charge < -0.3 is 9.84 Å². The first kappa shape index (κ1) is 16.5. The van der Waals surface area contributed by atoms with Crippen LogP contribution in [0.4, 0.5) is 0 Å². The van der Waals surface area contributed by atoms with Crippen molar-refractivity contribution in [1.82, 2.24) is 9.78 Å². The lowest BCUT2D eigenvalue weighted by atomic mass is 9.74. The highest BCUT2D eigenvalue weighted by Crippen LogP contribution is 2.38. The van der Waals surface area contributed by atoms with Crippen molar-refractivity contribution in [3.63, 3.8) is 0 Å². The number of methoxy groups -OCH3 is 1. The first-order valence-corrected chi connectivity index (χ1v) is 8.28. The zero-order valence-corrected chi connectivity index (χ0v) is 13.9. The molecule has 1 saturated carbocycles. The molecule has 1 aliphatic carbocycles. The Balaban J connectivity index is 2.05. The number of nitrogens with zero attached hydrogens (tertiary/aromatic N) is 2. The third kappa shape index (κ3) is 3.67. The van der Waals surface area contributed by atoms with E-state index in [1.807, 2.05) is 16.9 Å². The van der Waals surface area contributed by atoms with E-state index in [1.54, 1.807) is 7.11 Å². The van der Waals surface area contributed by atoms with Gasteiger partial charge in [-0.1, -0.05) is 26.7 Å². The van der Waals surface area contributed by atoms with Crippen molar-refractivity contribution >= 4 is 0 Å². The summed E-state index contributed by atoms with van der Waals surface area (Å²) in [5.74, 6) is 0.617. The van der Waals surface area contributed by atoms with E-state index in [0.717, 1.165) is 31.4 Å². The van der Waals surface area contributed by atoms with Crippen molar-refractivity contribution in [1.29, 1.82) is 0 Å². The van der Waals surface area contributed by atoms with E-state index < -0.39 is 11.7 Å². The van der Waals surface area contributed by atoms with Crippen LogP contribution in [-0.2, 0) is 11.2 Å². The van der Waals surface area contributed by atoms with E-state index in [1.165, 1.54) is 6.42 Å². The molecule has 21 heavy (non-hydrogen) atoms. The molecule has 1 aromatic rings. The van der Waals surface area contributed by atoms with Gasteiger partial charge in [0.25, 0.3) is 0 Å². The molecule has 1 aromatic heterocycles. The summed E-state index contributed by atoms with van der Waals surface area (Å²) in [4.78, 5) is 0. The normalized spacial score (nSPS) is 29.3. The highest BCUT2D eigenvalue weighted by Gasteiger charge is 2.41. The molecule has 4 heteroatoms. The average Bonchev–Trinajstić information content (AvgIpc) is 2.94. The summed E-state index contributed by atoms with van der Waals surface area (Å²) in [6, 6.07) is 2.42. The van der Waals surface area contributed by atoms with Crippen molar-refractivity contribution in [3.8, 4) is 0 Å². The summed E-state index contributed by atoms with van der Waals surface area (Å²) in [7, 11) is 1.74. The lowest BCUT2D eigenvalue weighted by molar-refractivity contribution is -0.131. The molecular formula is C17H30N2O2. The predicted molar refractivity (Wildman–Crippen MR) is 84.3 cm³/mol. The Morgan fingerprint density at radius 3 is 2.95 bits per heavy atom. The second-order valence-electron chi connectivity index (χ2n) is 6.73. The average molecular weight is 294 g/mol. The molecule has 1 N–H and O–H groups in total. The lowest BCUT2D eigenvalue weighted by Crippen LogP contribution is -2.48. The number of rotatable bonds is 6. The van der Waals surface area contributed by atoms with Crippen molar-refractivity contribution < 1.29 is 9.84 Å². The van der Waals surface area contributed by atoms with Crippen LogP contribution in [0.1, 0.15) is 64.6 Å². The Morgan fingerprint density at radius 2 is 2.33 bits per heavy atom. The molecule has 2 rings (SSSR count). The van der Waals surface area contributed by atoms with Crippen molar-refractivity contribution in [2.24, 2.45) is 5.92 Å². The van der Waals surface area contributed by atoms with Gasteiger partial charge in [-0.25, -0.2) is 0 Å². The third-order valence-electron chi connectivity index (χ3n) is 5.11. The maximum absolute atomic E-state index is 10.7. The van der Waals surface area contributed by atoms with Crippen LogP contribution in [-0.4, -0.2) is 33.7 Å². The fraction of sp³-hybridized carbons (Fsp3) is 0.824. The van der Waals surface area contributed by atoms with Crippen LogP contribution >= 0.6 is 0 Å². The van der Waals surface area contributed by atoms with E-state index in [2.05, 4.69) is 25.9 Å². The molecule has 4 nitrogen and oxygen atoms in total. The van der Waals surface area contributed by atoms with Crippen molar-refractivity contribution in [2.45, 2.75) is 77.0 Å². The van der Waals surface area contributed by atoms with Crippen LogP contribution in [0.15, 0.2) is 12.3 Å². The summed E-state index contributed by atoms with van der Waals surface area (Å²) in [6.07, 6.45) is 7.42. The van der Waals surface area contributed by atoms with Gasteiger partial charge in [-0.2, -0.15) is 5.10 Å². The minimum absolute atomic E-state index is 0.391. The largest absolute Gasteiger partial charge is 0.390 e. The Bertz CT molecular complexity index is 446. The van der Waals surface area contributed by atoms with Gasteiger partial charge in [-0.3, -0.25) is 4.68 Å². The quantitative estimate of drug-likeness (QED) is 0.875. The fourth-order valence-corrected chi connectivity index (χ4v) is 3.47.